The summed E-state index contributed by atoms with van der Waals surface area (Å²) in [5, 5.41) is 111. The van der Waals surface area contributed by atoms with Crippen molar-refractivity contribution >= 4 is 11.9 Å². The summed E-state index contributed by atoms with van der Waals surface area (Å²) in [6, 6.07) is -1.12. The lowest BCUT2D eigenvalue weighted by Gasteiger charge is -2.46. The van der Waals surface area contributed by atoms with Crippen molar-refractivity contribution in [2.24, 2.45) is 23.5 Å². The van der Waals surface area contributed by atoms with Crippen LogP contribution in [0.25, 0.3) is 0 Å². The molecular weight excluding hydrogens is 861 g/mol. The molecule has 3 aliphatic rings. The third-order valence-corrected chi connectivity index (χ3v) is 12.3. The lowest BCUT2D eigenvalue weighted by molar-refractivity contribution is -0.308. The number of nitrogens with one attached hydrogen (secondary N) is 1. The minimum Gasteiger partial charge on any atom is -0.462 e. The zero-order valence-corrected chi connectivity index (χ0v) is 38.6. The van der Waals surface area contributed by atoms with Gasteiger partial charge in [-0.15, -0.1) is 0 Å². The van der Waals surface area contributed by atoms with Gasteiger partial charge >= 0.3 is 5.97 Å². The summed E-state index contributed by atoms with van der Waals surface area (Å²) in [5.74, 6) is -5.59. The smallest absolute Gasteiger partial charge is 0.308 e. The molecule has 0 spiro atoms. The molecule has 3 heterocycles. The molecule has 374 valence electrons. The van der Waals surface area contributed by atoms with Crippen LogP contribution in [0.15, 0.2) is 85.1 Å². The number of esters is 1. The first-order valence-corrected chi connectivity index (χ1v) is 22.8. The Labute approximate surface area is 388 Å². The fraction of sp³-hybridized carbons (Fsp3) is 0.667. The van der Waals surface area contributed by atoms with Gasteiger partial charge in [0.15, 0.2) is 12.1 Å². The second kappa shape index (κ2) is 28.1. The molecule has 0 aromatic rings. The fourth-order valence-electron chi connectivity index (χ4n) is 8.14. The number of cyclic esters (lactones) is 1. The van der Waals surface area contributed by atoms with E-state index in [4.69, 9.17) is 24.7 Å². The van der Waals surface area contributed by atoms with Crippen molar-refractivity contribution in [3.63, 3.8) is 0 Å². The number of rotatable bonds is 3. The van der Waals surface area contributed by atoms with E-state index in [0.29, 0.717) is 0 Å². The van der Waals surface area contributed by atoms with E-state index in [-0.39, 0.29) is 38.0 Å². The summed E-state index contributed by atoms with van der Waals surface area (Å²) >= 11 is 0. The second-order valence-corrected chi connectivity index (χ2v) is 17.8. The predicted molar refractivity (Wildman–Crippen MR) is 243 cm³/mol. The van der Waals surface area contributed by atoms with Gasteiger partial charge in [-0.3, -0.25) is 9.59 Å². The quantitative estimate of drug-likeness (QED) is 0.170. The number of amides is 1. The Hall–Kier alpha value is -3.44. The van der Waals surface area contributed by atoms with Crippen LogP contribution in [0.5, 0.6) is 0 Å². The van der Waals surface area contributed by atoms with Crippen LogP contribution in [0.3, 0.4) is 0 Å². The molecule has 13 N–H and O–H groups in total. The van der Waals surface area contributed by atoms with E-state index in [1.807, 2.05) is 43.4 Å². The SMILES string of the molecule is CNC(=O)[C@H]1[C@@H]2C[C@@H](O[C@@H]3O[C@H](C)[C@@H](O)[C@H](N)[C@@H]3O)/C=C/C=C/C=C/C=C/C=C/C=C/C=C/[C@H](C)[C@@H](O)[C@@H](C)[C@H](C)OC(=O)C[C@H](O)C[C@H](O)C[C@H](O)CC[C@@H](O)[C@H](O)C[C@](O)(C[C@@H]1O)O2. The number of aliphatic hydroxyl groups excluding tert-OH is 9. The molecule has 0 unspecified atom stereocenters. The van der Waals surface area contributed by atoms with Crippen molar-refractivity contribution in [2.45, 2.75) is 177 Å². The maximum absolute atomic E-state index is 13.2. The van der Waals surface area contributed by atoms with Gasteiger partial charge in [-0.1, -0.05) is 98.9 Å². The van der Waals surface area contributed by atoms with E-state index >= 15 is 0 Å². The molecule has 18 heteroatoms. The molecule has 18 nitrogen and oxygen atoms in total. The number of hydrogen-bond donors (Lipinski definition) is 12. The highest BCUT2D eigenvalue weighted by Gasteiger charge is 2.51. The number of fused-ring (bicyclic) bond motifs is 2. The number of ether oxygens (including phenoxy) is 4. The van der Waals surface area contributed by atoms with Gasteiger partial charge in [0, 0.05) is 38.1 Å². The molecule has 19 atom stereocenters. The van der Waals surface area contributed by atoms with Gasteiger partial charge in [0.1, 0.15) is 12.2 Å². The molecule has 0 aromatic carbocycles. The van der Waals surface area contributed by atoms with E-state index in [1.165, 1.54) is 7.05 Å². The topological polar surface area (TPSA) is 311 Å². The molecule has 1 amide bonds. The maximum atomic E-state index is 13.2. The number of allylic oxidation sites excluding steroid dienone is 12. The molecule has 3 aliphatic heterocycles. The van der Waals surface area contributed by atoms with Gasteiger partial charge in [0.2, 0.25) is 5.91 Å². The van der Waals surface area contributed by atoms with Crippen molar-refractivity contribution in [3.05, 3.63) is 85.1 Å². The Bertz CT molecular complexity index is 1690. The van der Waals surface area contributed by atoms with Crippen molar-refractivity contribution in [1.29, 1.82) is 0 Å². The van der Waals surface area contributed by atoms with Crippen molar-refractivity contribution < 1.29 is 79.6 Å². The number of hydrogen-bond acceptors (Lipinski definition) is 17. The summed E-state index contributed by atoms with van der Waals surface area (Å²) in [5.41, 5.74) is 6.06. The monoisotopic (exact) mass is 937 g/mol. The highest BCUT2D eigenvalue weighted by molar-refractivity contribution is 5.79. The first-order chi connectivity index (χ1) is 31.2. The van der Waals surface area contributed by atoms with Crippen LogP contribution in [-0.2, 0) is 28.5 Å². The lowest BCUT2D eigenvalue weighted by Crippen LogP contribution is -2.62. The maximum Gasteiger partial charge on any atom is 0.308 e. The van der Waals surface area contributed by atoms with Crippen molar-refractivity contribution in [1.82, 2.24) is 5.32 Å². The Morgan fingerprint density at radius 2 is 1.23 bits per heavy atom. The zero-order valence-electron chi connectivity index (χ0n) is 38.6. The van der Waals surface area contributed by atoms with E-state index in [9.17, 15) is 60.7 Å². The molecule has 3 rings (SSSR count). The summed E-state index contributed by atoms with van der Waals surface area (Å²) in [6.07, 6.45) is 5.02. The van der Waals surface area contributed by atoms with E-state index in [0.717, 1.165) is 0 Å². The molecular formula is C48H76N2O16. The van der Waals surface area contributed by atoms with Gasteiger partial charge in [0.05, 0.1) is 85.5 Å². The van der Waals surface area contributed by atoms with Crippen molar-refractivity contribution in [2.75, 3.05) is 7.05 Å². The third-order valence-electron chi connectivity index (χ3n) is 12.3. The standard InChI is InChI=1S/C48H76N2O16/c1-28-18-16-14-12-10-8-6-7-9-11-13-15-17-19-35(65-47-45(60)42(49)44(59)31(4)64-47)25-39-41(46(61)50-5)38(56)27-48(62,66-39)26-37(55)36(54)21-20-32(51)22-33(52)23-34(53)24-40(57)63-30(3)29(2)43(28)58/h6-19,28-39,41-45,47,51-56,58-60,62H,20-27,49H2,1-5H3,(H,50,61)/b7-6+,10-8+,11-9+,14-12+,15-13+,18-16+,19-17+/t28-,29-,30-,31+,32+,33+,34+,35-,36+,37+,38-,39-,41+,42-,43+,44+,45-,47-,48+/m0/s1. The third kappa shape index (κ3) is 18.6. The van der Waals surface area contributed by atoms with Crippen LogP contribution < -0.4 is 11.1 Å². The fourth-order valence-corrected chi connectivity index (χ4v) is 8.14. The average molecular weight is 937 g/mol. The Morgan fingerprint density at radius 1 is 0.682 bits per heavy atom. The van der Waals surface area contributed by atoms with Crippen LogP contribution in [0.4, 0.5) is 0 Å². The Morgan fingerprint density at radius 3 is 1.82 bits per heavy atom. The molecule has 0 saturated carbocycles. The van der Waals surface area contributed by atoms with E-state index in [1.54, 1.807) is 69.4 Å². The first-order valence-electron chi connectivity index (χ1n) is 22.8. The van der Waals surface area contributed by atoms with Crippen molar-refractivity contribution in [3.8, 4) is 0 Å². The molecule has 0 radical (unpaired) electrons. The van der Waals surface area contributed by atoms with Gasteiger partial charge in [0.25, 0.3) is 0 Å². The van der Waals surface area contributed by atoms with Crippen LogP contribution >= 0.6 is 0 Å². The zero-order chi connectivity index (χ0) is 49.1. The summed E-state index contributed by atoms with van der Waals surface area (Å²) in [4.78, 5) is 25.8. The summed E-state index contributed by atoms with van der Waals surface area (Å²) in [6.45, 7) is 6.79. The highest BCUT2D eigenvalue weighted by atomic mass is 16.7. The molecule has 2 fully saturated rings. The molecule has 2 bridgehead atoms. The predicted octanol–water partition coefficient (Wildman–Crippen LogP) is 0.373. The minimum absolute atomic E-state index is 0.115. The molecule has 66 heavy (non-hydrogen) atoms. The Balaban J connectivity index is 1.88. The summed E-state index contributed by atoms with van der Waals surface area (Å²) < 4.78 is 23.5. The number of carbonyl (C=O) groups excluding carboxylic acids is 2. The molecule has 0 aliphatic carbocycles. The lowest BCUT2D eigenvalue weighted by atomic mass is 9.82. The molecule has 2 saturated heterocycles. The Kier molecular flexibility index (Phi) is 24.3. The van der Waals surface area contributed by atoms with E-state index in [2.05, 4.69) is 5.32 Å². The summed E-state index contributed by atoms with van der Waals surface area (Å²) in [7, 11) is 1.36. The van der Waals surface area contributed by atoms with Crippen LogP contribution in [-0.4, -0.2) is 167 Å². The first kappa shape index (κ1) is 56.9. The van der Waals surface area contributed by atoms with E-state index < -0.39 is 140 Å². The van der Waals surface area contributed by atoms with Gasteiger partial charge in [-0.2, -0.15) is 0 Å². The number of nitrogens with two attached hydrogens (primary N) is 1. The van der Waals surface area contributed by atoms with Gasteiger partial charge < -0.3 is 81.1 Å². The second-order valence-electron chi connectivity index (χ2n) is 17.8. The number of carbonyl (C=O) groups is 2. The van der Waals surface area contributed by atoms with Crippen LogP contribution in [0.1, 0.15) is 79.1 Å². The average Bonchev–Trinajstić information content (AvgIpc) is 3.24. The van der Waals surface area contributed by atoms with Crippen LogP contribution in [0, 0.1) is 17.8 Å². The highest BCUT2D eigenvalue weighted by Crippen LogP contribution is 2.38. The minimum atomic E-state index is -2.28. The van der Waals surface area contributed by atoms with Gasteiger partial charge in [-0.05, 0) is 39.5 Å². The largest absolute Gasteiger partial charge is 0.462 e. The normalized spacial score (nSPS) is 44.9. The van der Waals surface area contributed by atoms with Gasteiger partial charge in [-0.25, -0.2) is 0 Å². The number of aliphatic hydroxyl groups is 10. The van der Waals surface area contributed by atoms with Crippen LogP contribution in [0.2, 0.25) is 0 Å². The molecule has 0 aromatic heterocycles.